The lowest BCUT2D eigenvalue weighted by molar-refractivity contribution is -0.131. The van der Waals surface area contributed by atoms with E-state index in [1.54, 1.807) is 24.5 Å². The second kappa shape index (κ2) is 11.5. The van der Waals surface area contributed by atoms with E-state index in [9.17, 15) is 9.18 Å². The van der Waals surface area contributed by atoms with E-state index < -0.39 is 0 Å². The molecule has 0 spiro atoms. The van der Waals surface area contributed by atoms with Crippen LogP contribution in [0.15, 0.2) is 34.6 Å². The van der Waals surface area contributed by atoms with Crippen LogP contribution in [0.4, 0.5) is 4.39 Å². The van der Waals surface area contributed by atoms with Gasteiger partial charge >= 0.3 is 0 Å². The van der Waals surface area contributed by atoms with Gasteiger partial charge in [0.2, 0.25) is 5.91 Å². The van der Waals surface area contributed by atoms with Crippen molar-refractivity contribution in [2.24, 2.45) is 4.99 Å². The normalized spacial score (nSPS) is 13.5. The third-order valence-electron chi connectivity index (χ3n) is 5.01. The fourth-order valence-corrected chi connectivity index (χ4v) is 4.27. The first-order chi connectivity index (χ1) is 13.6. The Hall–Kier alpha value is -1.68. The molecule has 0 fully saturated rings. The number of thiophene rings is 1. The number of guanidine groups is 1. The highest BCUT2D eigenvalue weighted by Crippen LogP contribution is 2.24. The monoisotopic (exact) mass is 530 g/mol. The Morgan fingerprint density at radius 2 is 2.07 bits per heavy atom. The molecular formula is C21H28FIN4OS. The number of aryl methyl sites for hydroxylation is 1. The third-order valence-corrected chi connectivity index (χ3v) is 6.03. The van der Waals surface area contributed by atoms with Gasteiger partial charge in [-0.25, -0.2) is 4.39 Å². The maximum Gasteiger partial charge on any atom is 0.224 e. The van der Waals surface area contributed by atoms with Crippen LogP contribution in [0.5, 0.6) is 0 Å². The molecule has 1 aromatic heterocycles. The number of amides is 1. The van der Waals surface area contributed by atoms with E-state index in [4.69, 9.17) is 0 Å². The fourth-order valence-electron chi connectivity index (χ4n) is 3.38. The van der Waals surface area contributed by atoms with Gasteiger partial charge in [0, 0.05) is 44.5 Å². The molecule has 0 unspecified atom stereocenters. The van der Waals surface area contributed by atoms with Crippen molar-refractivity contribution in [3.8, 4) is 0 Å². The molecule has 3 rings (SSSR count). The fraction of sp³-hybridized carbons (Fsp3) is 0.429. The van der Waals surface area contributed by atoms with Crippen molar-refractivity contribution in [3.05, 3.63) is 57.0 Å². The van der Waals surface area contributed by atoms with Gasteiger partial charge in [0.05, 0.1) is 0 Å². The van der Waals surface area contributed by atoms with Gasteiger partial charge in [-0.2, -0.15) is 0 Å². The number of rotatable bonds is 6. The molecule has 1 aliphatic heterocycles. The second-order valence-corrected chi connectivity index (χ2v) is 7.93. The van der Waals surface area contributed by atoms with E-state index in [2.05, 4.69) is 27.1 Å². The van der Waals surface area contributed by atoms with E-state index in [1.807, 2.05) is 17.9 Å². The number of aliphatic imine (C=N–C) groups is 1. The van der Waals surface area contributed by atoms with Gasteiger partial charge in [0.15, 0.2) is 5.96 Å². The minimum atomic E-state index is -0.208. The molecule has 0 aliphatic carbocycles. The molecule has 0 radical (unpaired) electrons. The van der Waals surface area contributed by atoms with Crippen LogP contribution in [0.1, 0.15) is 28.0 Å². The highest BCUT2D eigenvalue weighted by Gasteiger charge is 2.20. The lowest BCUT2D eigenvalue weighted by Crippen LogP contribution is -2.41. The predicted octanol–water partition coefficient (Wildman–Crippen LogP) is 3.50. The van der Waals surface area contributed by atoms with Crippen LogP contribution in [0.2, 0.25) is 0 Å². The summed E-state index contributed by atoms with van der Waals surface area (Å²) < 4.78 is 13.2. The second-order valence-electron chi connectivity index (χ2n) is 6.93. The molecule has 29 heavy (non-hydrogen) atoms. The molecule has 5 nitrogen and oxygen atoms in total. The zero-order valence-corrected chi connectivity index (χ0v) is 20.0. The Morgan fingerprint density at radius 3 is 2.83 bits per heavy atom. The van der Waals surface area contributed by atoms with Crippen LogP contribution < -0.4 is 10.6 Å². The lowest BCUT2D eigenvalue weighted by Gasteiger charge is -2.27. The molecule has 2 heterocycles. The van der Waals surface area contributed by atoms with Gasteiger partial charge in [-0.1, -0.05) is 6.07 Å². The third kappa shape index (κ3) is 6.67. The number of halogens is 2. The molecular weight excluding hydrogens is 502 g/mol. The van der Waals surface area contributed by atoms with Crippen molar-refractivity contribution >= 4 is 47.2 Å². The predicted molar refractivity (Wildman–Crippen MR) is 128 cm³/mol. The van der Waals surface area contributed by atoms with Crippen molar-refractivity contribution in [1.29, 1.82) is 0 Å². The van der Waals surface area contributed by atoms with E-state index in [1.165, 1.54) is 16.5 Å². The molecule has 8 heteroatoms. The Labute approximate surface area is 192 Å². The Morgan fingerprint density at radius 1 is 1.28 bits per heavy atom. The molecule has 0 saturated heterocycles. The average Bonchev–Trinajstić information content (AvgIpc) is 3.16. The summed E-state index contributed by atoms with van der Waals surface area (Å²) in [4.78, 5) is 20.0. The van der Waals surface area contributed by atoms with Crippen molar-refractivity contribution in [3.63, 3.8) is 0 Å². The van der Waals surface area contributed by atoms with E-state index in [-0.39, 0.29) is 35.7 Å². The van der Waals surface area contributed by atoms with Crippen LogP contribution in [0.25, 0.3) is 0 Å². The summed E-state index contributed by atoms with van der Waals surface area (Å²) in [5, 5.41) is 8.54. The first-order valence-corrected chi connectivity index (χ1v) is 10.5. The van der Waals surface area contributed by atoms with Gasteiger partial charge in [-0.05, 0) is 60.0 Å². The summed E-state index contributed by atoms with van der Waals surface area (Å²) in [7, 11) is 1.71. The number of benzene rings is 1. The van der Waals surface area contributed by atoms with Gasteiger partial charge in [-0.15, -0.1) is 35.3 Å². The molecule has 2 N–H and O–H groups in total. The highest BCUT2D eigenvalue weighted by molar-refractivity contribution is 14.0. The number of carbonyl (C=O) groups excluding carboxylic acids is 1. The van der Waals surface area contributed by atoms with Crippen LogP contribution >= 0.6 is 35.3 Å². The average molecular weight is 530 g/mol. The zero-order chi connectivity index (χ0) is 19.9. The van der Waals surface area contributed by atoms with E-state index >= 15 is 0 Å². The van der Waals surface area contributed by atoms with Crippen LogP contribution in [0, 0.1) is 12.7 Å². The van der Waals surface area contributed by atoms with Gasteiger partial charge in [-0.3, -0.25) is 9.79 Å². The van der Waals surface area contributed by atoms with Gasteiger partial charge in [0.1, 0.15) is 5.82 Å². The number of hydrogen-bond acceptors (Lipinski definition) is 3. The van der Waals surface area contributed by atoms with Crippen LogP contribution in [-0.4, -0.2) is 43.4 Å². The Bertz CT molecular complexity index is 855. The van der Waals surface area contributed by atoms with Gasteiger partial charge < -0.3 is 15.5 Å². The van der Waals surface area contributed by atoms with E-state index in [0.29, 0.717) is 25.5 Å². The van der Waals surface area contributed by atoms with Gasteiger partial charge in [0.25, 0.3) is 0 Å². The maximum absolute atomic E-state index is 13.2. The highest BCUT2D eigenvalue weighted by atomic mass is 127. The zero-order valence-electron chi connectivity index (χ0n) is 16.8. The van der Waals surface area contributed by atoms with E-state index in [0.717, 1.165) is 37.1 Å². The minimum Gasteiger partial charge on any atom is -0.356 e. The number of nitrogens with one attached hydrogen (secondary N) is 2. The molecule has 1 aliphatic rings. The molecule has 0 atom stereocenters. The standard InChI is InChI=1S/C21H27FN4OS.HI/c1-15-13-18(22)4-3-16(15)5-9-24-21(23-2)25-10-6-20(27)26-11-7-19-17(14-26)8-12-28-19;/h3-4,8,12-13H,5-7,9-11,14H2,1-2H3,(H2,23,24,25);1H. The molecule has 158 valence electrons. The van der Waals surface area contributed by atoms with Crippen molar-refractivity contribution < 1.29 is 9.18 Å². The minimum absolute atomic E-state index is 0. The summed E-state index contributed by atoms with van der Waals surface area (Å²) in [6.45, 7) is 4.67. The Balaban J connectivity index is 0.00000300. The van der Waals surface area contributed by atoms with Crippen LogP contribution in [0.3, 0.4) is 0 Å². The summed E-state index contributed by atoms with van der Waals surface area (Å²) in [5.41, 5.74) is 3.34. The topological polar surface area (TPSA) is 56.7 Å². The molecule has 0 saturated carbocycles. The smallest absolute Gasteiger partial charge is 0.224 e. The molecule has 1 amide bonds. The first kappa shape index (κ1) is 23.6. The number of carbonyl (C=O) groups is 1. The van der Waals surface area contributed by atoms with Crippen LogP contribution in [-0.2, 0) is 24.2 Å². The van der Waals surface area contributed by atoms with Crippen molar-refractivity contribution in [1.82, 2.24) is 15.5 Å². The SMILES string of the molecule is CN=C(NCCC(=O)N1CCc2sccc2C1)NCCc1ccc(F)cc1C.I. The summed E-state index contributed by atoms with van der Waals surface area (Å²) in [6, 6.07) is 6.97. The number of fused-ring (bicyclic) bond motifs is 1. The number of nitrogens with zero attached hydrogens (tertiary/aromatic N) is 2. The first-order valence-electron chi connectivity index (χ1n) is 9.59. The summed E-state index contributed by atoms with van der Waals surface area (Å²) in [6.07, 6.45) is 2.18. The maximum atomic E-state index is 13.2. The molecule has 2 aromatic rings. The van der Waals surface area contributed by atoms with Crippen molar-refractivity contribution in [2.75, 3.05) is 26.7 Å². The summed E-state index contributed by atoms with van der Waals surface area (Å²) >= 11 is 1.78. The molecule has 1 aromatic carbocycles. The Kier molecular flexibility index (Phi) is 9.35. The summed E-state index contributed by atoms with van der Waals surface area (Å²) in [5.74, 6) is 0.633. The van der Waals surface area contributed by atoms with Crippen molar-refractivity contribution in [2.45, 2.75) is 32.7 Å². The lowest BCUT2D eigenvalue weighted by atomic mass is 10.1. The quantitative estimate of drug-likeness (QED) is 0.342. The molecule has 0 bridgehead atoms. The number of hydrogen-bond donors (Lipinski definition) is 2. The largest absolute Gasteiger partial charge is 0.356 e.